The van der Waals surface area contributed by atoms with Crippen LogP contribution in [0.1, 0.15) is 15.9 Å². The van der Waals surface area contributed by atoms with Gasteiger partial charge in [-0.1, -0.05) is 0 Å². The molecule has 0 spiro atoms. The van der Waals surface area contributed by atoms with Crippen LogP contribution >= 0.6 is 0 Å². The molecule has 0 bridgehead atoms. The van der Waals surface area contributed by atoms with E-state index >= 15 is 0 Å². The van der Waals surface area contributed by atoms with E-state index in [4.69, 9.17) is 0 Å². The molecule has 0 aliphatic carbocycles. The molecular weight excluding hydrogens is 316 g/mol. The lowest BCUT2D eigenvalue weighted by atomic mass is 9.97. The Morgan fingerprint density at radius 2 is 2.04 bits per heavy atom. The van der Waals surface area contributed by atoms with E-state index in [9.17, 15) is 13.2 Å². The van der Waals surface area contributed by atoms with Gasteiger partial charge in [0.15, 0.2) is 9.84 Å². The average Bonchev–Trinajstić information content (AvgIpc) is 2.87. The highest BCUT2D eigenvalue weighted by molar-refractivity contribution is 7.90. The number of aromatic nitrogens is 2. The molecule has 1 aliphatic rings. The SMILES string of the molecule is Cc1cc2c(cc1-c1cnn(C)c1)C(=O)N(CS(C)(=O)=O)CN2. The molecular formula is C15H18N4O3S. The smallest absolute Gasteiger partial charge is 0.258 e. The first-order valence-electron chi connectivity index (χ1n) is 7.09. The minimum atomic E-state index is -3.27. The molecule has 1 N–H and O–H groups in total. The molecule has 1 amide bonds. The second-order valence-corrected chi connectivity index (χ2v) is 7.96. The summed E-state index contributed by atoms with van der Waals surface area (Å²) >= 11 is 0. The Bertz CT molecular complexity index is 886. The zero-order valence-electron chi connectivity index (χ0n) is 13.2. The molecule has 3 rings (SSSR count). The summed E-state index contributed by atoms with van der Waals surface area (Å²) in [4.78, 5) is 13.9. The average molecular weight is 334 g/mol. The van der Waals surface area contributed by atoms with Crippen molar-refractivity contribution < 1.29 is 13.2 Å². The lowest BCUT2D eigenvalue weighted by molar-refractivity contribution is 0.0785. The van der Waals surface area contributed by atoms with E-state index in [0.717, 1.165) is 28.6 Å². The third kappa shape index (κ3) is 3.07. The van der Waals surface area contributed by atoms with Crippen molar-refractivity contribution in [2.24, 2.45) is 7.05 Å². The van der Waals surface area contributed by atoms with E-state index in [1.54, 1.807) is 16.9 Å². The van der Waals surface area contributed by atoms with Gasteiger partial charge in [0, 0.05) is 30.8 Å². The molecule has 1 aromatic carbocycles. The number of sulfone groups is 1. The van der Waals surface area contributed by atoms with Gasteiger partial charge in [-0.3, -0.25) is 9.48 Å². The van der Waals surface area contributed by atoms with Gasteiger partial charge in [-0.05, 0) is 30.2 Å². The van der Waals surface area contributed by atoms with Crippen molar-refractivity contribution in [3.05, 3.63) is 35.7 Å². The number of hydrogen-bond acceptors (Lipinski definition) is 5. The van der Waals surface area contributed by atoms with E-state index in [1.165, 1.54) is 4.90 Å². The molecule has 8 heteroatoms. The zero-order valence-corrected chi connectivity index (χ0v) is 14.0. The summed E-state index contributed by atoms with van der Waals surface area (Å²) in [5.41, 5.74) is 4.05. The fourth-order valence-corrected chi connectivity index (χ4v) is 3.49. The van der Waals surface area contributed by atoms with Gasteiger partial charge in [0.05, 0.1) is 18.4 Å². The Kier molecular flexibility index (Phi) is 3.63. The van der Waals surface area contributed by atoms with Crippen LogP contribution in [0.4, 0.5) is 5.69 Å². The molecule has 23 heavy (non-hydrogen) atoms. The standard InChI is InChI=1S/C15H18N4O3S/c1-10-4-14-13(5-12(10)11-6-17-18(2)7-11)15(20)19(8-16-14)9-23(3,21)22/h4-7,16H,8-9H2,1-3H3. The van der Waals surface area contributed by atoms with E-state index in [2.05, 4.69) is 10.4 Å². The first-order chi connectivity index (χ1) is 10.7. The first kappa shape index (κ1) is 15.5. The molecule has 2 heterocycles. The van der Waals surface area contributed by atoms with Crippen molar-refractivity contribution in [3.63, 3.8) is 0 Å². The number of anilines is 1. The summed E-state index contributed by atoms with van der Waals surface area (Å²) in [6.45, 7) is 2.15. The maximum Gasteiger partial charge on any atom is 0.258 e. The molecule has 0 atom stereocenters. The van der Waals surface area contributed by atoms with Gasteiger partial charge in [-0.2, -0.15) is 5.10 Å². The van der Waals surface area contributed by atoms with Crippen LogP contribution in [-0.2, 0) is 16.9 Å². The molecule has 0 radical (unpaired) electrons. The van der Waals surface area contributed by atoms with E-state index < -0.39 is 9.84 Å². The largest absolute Gasteiger partial charge is 0.367 e. The van der Waals surface area contributed by atoms with Gasteiger partial charge in [0.2, 0.25) is 0 Å². The normalized spacial score (nSPS) is 14.6. The van der Waals surface area contributed by atoms with Crippen LogP contribution in [-0.4, -0.2) is 47.8 Å². The summed E-state index contributed by atoms with van der Waals surface area (Å²) in [5.74, 6) is -0.580. The minimum Gasteiger partial charge on any atom is -0.367 e. The van der Waals surface area contributed by atoms with E-state index in [0.29, 0.717) is 5.56 Å². The Labute approximate surface area is 134 Å². The Morgan fingerprint density at radius 3 is 2.65 bits per heavy atom. The van der Waals surface area contributed by atoms with Gasteiger partial charge in [0.1, 0.15) is 5.88 Å². The summed E-state index contributed by atoms with van der Waals surface area (Å²) < 4.78 is 24.6. The van der Waals surface area contributed by atoms with Gasteiger partial charge in [0.25, 0.3) is 5.91 Å². The van der Waals surface area contributed by atoms with Crippen LogP contribution in [0.2, 0.25) is 0 Å². The van der Waals surface area contributed by atoms with Crippen molar-refractivity contribution in [2.75, 3.05) is 24.1 Å². The molecule has 0 saturated carbocycles. The third-order valence-corrected chi connectivity index (χ3v) is 4.53. The van der Waals surface area contributed by atoms with Gasteiger partial charge in [-0.15, -0.1) is 0 Å². The first-order valence-corrected chi connectivity index (χ1v) is 9.15. The number of aryl methyl sites for hydroxylation is 2. The van der Waals surface area contributed by atoms with Gasteiger partial charge >= 0.3 is 0 Å². The van der Waals surface area contributed by atoms with Gasteiger partial charge < -0.3 is 10.2 Å². The lowest BCUT2D eigenvalue weighted by Crippen LogP contribution is -2.42. The Balaban J connectivity index is 2.03. The number of carbonyl (C=O) groups is 1. The van der Waals surface area contributed by atoms with Crippen molar-refractivity contribution in [1.82, 2.24) is 14.7 Å². The summed E-state index contributed by atoms with van der Waals surface area (Å²) in [7, 11) is -1.44. The predicted molar refractivity (Wildman–Crippen MR) is 87.8 cm³/mol. The number of nitrogens with one attached hydrogen (secondary N) is 1. The number of benzene rings is 1. The van der Waals surface area contributed by atoms with Gasteiger partial charge in [-0.25, -0.2) is 8.42 Å². The number of hydrogen-bond donors (Lipinski definition) is 1. The summed E-state index contributed by atoms with van der Waals surface area (Å²) in [5, 5.41) is 7.27. The summed E-state index contributed by atoms with van der Waals surface area (Å²) in [6.07, 6.45) is 4.74. The molecule has 0 fully saturated rings. The fraction of sp³-hybridized carbons (Fsp3) is 0.333. The van der Waals surface area contributed by atoms with Crippen LogP contribution in [0.25, 0.3) is 11.1 Å². The Hall–Kier alpha value is -2.35. The quantitative estimate of drug-likeness (QED) is 0.912. The van der Waals surface area contributed by atoms with Crippen LogP contribution in [0.5, 0.6) is 0 Å². The zero-order chi connectivity index (χ0) is 16.8. The third-order valence-electron chi connectivity index (χ3n) is 3.75. The molecule has 7 nitrogen and oxygen atoms in total. The number of amides is 1. The van der Waals surface area contributed by atoms with E-state index in [1.807, 2.05) is 26.2 Å². The molecule has 122 valence electrons. The molecule has 1 aromatic heterocycles. The van der Waals surface area contributed by atoms with Crippen LogP contribution < -0.4 is 5.32 Å². The Morgan fingerprint density at radius 1 is 1.30 bits per heavy atom. The van der Waals surface area contributed by atoms with Crippen molar-refractivity contribution in [3.8, 4) is 11.1 Å². The highest BCUT2D eigenvalue weighted by atomic mass is 32.2. The highest BCUT2D eigenvalue weighted by Gasteiger charge is 2.27. The topological polar surface area (TPSA) is 84.3 Å². The fourth-order valence-electron chi connectivity index (χ4n) is 2.71. The van der Waals surface area contributed by atoms with Crippen molar-refractivity contribution >= 4 is 21.4 Å². The predicted octanol–water partition coefficient (Wildman–Crippen LogP) is 1.22. The van der Waals surface area contributed by atoms with E-state index in [-0.39, 0.29) is 18.5 Å². The van der Waals surface area contributed by atoms with Crippen molar-refractivity contribution in [1.29, 1.82) is 0 Å². The van der Waals surface area contributed by atoms with Crippen LogP contribution in [0, 0.1) is 6.92 Å². The number of nitrogens with zero attached hydrogens (tertiary/aromatic N) is 3. The summed E-state index contributed by atoms with van der Waals surface area (Å²) in [6, 6.07) is 3.71. The minimum absolute atomic E-state index is 0.185. The van der Waals surface area contributed by atoms with Crippen molar-refractivity contribution in [2.45, 2.75) is 6.92 Å². The molecule has 0 unspecified atom stereocenters. The number of carbonyl (C=O) groups excluding carboxylic acids is 1. The second-order valence-electron chi connectivity index (χ2n) is 5.85. The maximum absolute atomic E-state index is 12.6. The van der Waals surface area contributed by atoms with Crippen LogP contribution in [0.15, 0.2) is 24.5 Å². The van der Waals surface area contributed by atoms with Crippen LogP contribution in [0.3, 0.4) is 0 Å². The number of fused-ring (bicyclic) bond motifs is 1. The molecule has 1 aliphatic heterocycles. The maximum atomic E-state index is 12.6. The lowest BCUT2D eigenvalue weighted by Gasteiger charge is -2.29. The molecule has 2 aromatic rings. The molecule has 0 saturated heterocycles. The second kappa shape index (κ2) is 5.38. The monoisotopic (exact) mass is 334 g/mol. The highest BCUT2D eigenvalue weighted by Crippen LogP contribution is 2.31. The number of rotatable bonds is 3.